The summed E-state index contributed by atoms with van der Waals surface area (Å²) >= 11 is 0. The summed E-state index contributed by atoms with van der Waals surface area (Å²) in [6, 6.07) is 24.7. The first-order valence-electron chi connectivity index (χ1n) is 9.18. The van der Waals surface area contributed by atoms with Gasteiger partial charge in [-0.3, -0.25) is 4.79 Å². The number of nitrogens with zero attached hydrogens (tertiary/aromatic N) is 2. The van der Waals surface area contributed by atoms with Crippen molar-refractivity contribution in [1.29, 1.82) is 0 Å². The van der Waals surface area contributed by atoms with E-state index in [9.17, 15) is 4.79 Å². The van der Waals surface area contributed by atoms with Crippen molar-refractivity contribution in [2.75, 3.05) is 0 Å². The molecular formula is C23H19N3O3. The van der Waals surface area contributed by atoms with E-state index >= 15 is 0 Å². The van der Waals surface area contributed by atoms with E-state index in [0.29, 0.717) is 12.4 Å². The zero-order valence-corrected chi connectivity index (χ0v) is 15.8. The number of carbonyl (C=O) groups is 1. The maximum Gasteiger partial charge on any atom is 0.309 e. The van der Waals surface area contributed by atoms with Crippen molar-refractivity contribution in [1.82, 2.24) is 15.5 Å². The van der Waals surface area contributed by atoms with Gasteiger partial charge in [-0.2, -0.15) is 0 Å². The second-order valence-electron chi connectivity index (χ2n) is 6.52. The first kappa shape index (κ1) is 18.4. The number of rotatable bonds is 6. The molecule has 0 aliphatic rings. The van der Waals surface area contributed by atoms with Crippen LogP contribution in [-0.4, -0.2) is 16.1 Å². The number of amides is 1. The van der Waals surface area contributed by atoms with Crippen molar-refractivity contribution in [2.45, 2.75) is 13.5 Å². The van der Waals surface area contributed by atoms with E-state index in [2.05, 4.69) is 15.5 Å². The summed E-state index contributed by atoms with van der Waals surface area (Å²) in [5.74, 6) is 1.34. The third kappa shape index (κ3) is 4.68. The minimum absolute atomic E-state index is 0.0652. The van der Waals surface area contributed by atoms with Gasteiger partial charge in [0.05, 0.1) is 0 Å². The largest absolute Gasteiger partial charge is 0.457 e. The molecule has 0 unspecified atom stereocenters. The van der Waals surface area contributed by atoms with Gasteiger partial charge in [-0.1, -0.05) is 48.0 Å². The maximum absolute atomic E-state index is 12.3. The van der Waals surface area contributed by atoms with Gasteiger partial charge >= 0.3 is 11.8 Å². The highest BCUT2D eigenvalue weighted by molar-refractivity contribution is 5.89. The van der Waals surface area contributed by atoms with Gasteiger partial charge in [0.25, 0.3) is 0 Å². The highest BCUT2D eigenvalue weighted by Gasteiger charge is 2.15. The van der Waals surface area contributed by atoms with Crippen LogP contribution >= 0.6 is 0 Å². The van der Waals surface area contributed by atoms with E-state index in [1.54, 1.807) is 0 Å². The van der Waals surface area contributed by atoms with Crippen LogP contribution in [0.15, 0.2) is 83.3 Å². The predicted octanol–water partition coefficient (Wildman–Crippen LogP) is 4.77. The van der Waals surface area contributed by atoms with Crippen LogP contribution in [0.2, 0.25) is 0 Å². The van der Waals surface area contributed by atoms with Crippen LogP contribution < -0.4 is 10.1 Å². The first-order valence-corrected chi connectivity index (χ1v) is 9.18. The first-order chi connectivity index (χ1) is 14.2. The Labute approximate surface area is 168 Å². The molecule has 0 saturated heterocycles. The van der Waals surface area contributed by atoms with Crippen molar-refractivity contribution in [3.63, 3.8) is 0 Å². The van der Waals surface area contributed by atoms with Gasteiger partial charge in [-0.05, 0) is 48.9 Å². The van der Waals surface area contributed by atoms with Gasteiger partial charge in [-0.15, -0.1) is 10.2 Å². The Bertz CT molecular complexity index is 1090. The molecule has 0 fully saturated rings. The van der Waals surface area contributed by atoms with Crippen LogP contribution in [0.1, 0.15) is 21.8 Å². The lowest BCUT2D eigenvalue weighted by Gasteiger charge is -2.07. The van der Waals surface area contributed by atoms with Crippen LogP contribution in [0.4, 0.5) is 0 Å². The Hall–Kier alpha value is -3.93. The molecule has 0 aliphatic carbocycles. The van der Waals surface area contributed by atoms with Gasteiger partial charge < -0.3 is 14.5 Å². The minimum Gasteiger partial charge on any atom is -0.457 e. The molecule has 1 heterocycles. The van der Waals surface area contributed by atoms with Crippen LogP contribution in [0, 0.1) is 6.92 Å². The lowest BCUT2D eigenvalue weighted by atomic mass is 10.1. The van der Waals surface area contributed by atoms with Crippen molar-refractivity contribution in [2.24, 2.45) is 0 Å². The van der Waals surface area contributed by atoms with E-state index in [1.807, 2.05) is 85.8 Å². The second-order valence-corrected chi connectivity index (χ2v) is 6.52. The van der Waals surface area contributed by atoms with Crippen molar-refractivity contribution < 1.29 is 13.9 Å². The Morgan fingerprint density at radius 3 is 2.31 bits per heavy atom. The summed E-state index contributed by atoms with van der Waals surface area (Å²) in [6.45, 7) is 2.34. The number of para-hydroxylation sites is 1. The smallest absolute Gasteiger partial charge is 0.309 e. The molecule has 144 valence electrons. The zero-order chi connectivity index (χ0) is 20.1. The topological polar surface area (TPSA) is 77.2 Å². The molecule has 0 atom stereocenters. The van der Waals surface area contributed by atoms with Crippen LogP contribution in [0.25, 0.3) is 11.5 Å². The Balaban J connectivity index is 1.34. The number of carbonyl (C=O) groups excluding carboxylic acids is 1. The van der Waals surface area contributed by atoms with Crippen LogP contribution in [0.3, 0.4) is 0 Å². The average molecular weight is 385 g/mol. The third-order valence-corrected chi connectivity index (χ3v) is 4.27. The molecule has 1 N–H and O–H groups in total. The summed E-state index contributed by atoms with van der Waals surface area (Å²) in [5, 5.41) is 10.6. The van der Waals surface area contributed by atoms with Crippen molar-refractivity contribution in [3.8, 4) is 23.0 Å². The molecule has 0 saturated carbocycles. The highest BCUT2D eigenvalue weighted by Crippen LogP contribution is 2.21. The summed E-state index contributed by atoms with van der Waals surface area (Å²) in [4.78, 5) is 12.3. The summed E-state index contributed by atoms with van der Waals surface area (Å²) in [7, 11) is 0. The van der Waals surface area contributed by atoms with Gasteiger partial charge in [0, 0.05) is 12.1 Å². The molecule has 1 amide bonds. The monoisotopic (exact) mass is 385 g/mol. The normalized spacial score (nSPS) is 10.5. The number of hydrogen-bond donors (Lipinski definition) is 1. The van der Waals surface area contributed by atoms with Gasteiger partial charge in [-0.25, -0.2) is 0 Å². The number of aryl methyl sites for hydroxylation is 1. The zero-order valence-electron chi connectivity index (χ0n) is 15.8. The van der Waals surface area contributed by atoms with E-state index in [0.717, 1.165) is 28.2 Å². The molecule has 29 heavy (non-hydrogen) atoms. The van der Waals surface area contributed by atoms with Crippen molar-refractivity contribution >= 4 is 5.91 Å². The fourth-order valence-corrected chi connectivity index (χ4v) is 2.69. The SMILES string of the molecule is Cc1ccc(-c2nnc(C(=O)NCc3ccc(Oc4ccccc4)cc3)o2)cc1. The minimum atomic E-state index is -0.416. The molecule has 0 bridgehead atoms. The number of ether oxygens (including phenoxy) is 1. The molecule has 6 heteroatoms. The molecule has 6 nitrogen and oxygen atoms in total. The quantitative estimate of drug-likeness (QED) is 0.517. The standard InChI is InChI=1S/C23H19N3O3/c1-16-7-11-18(12-8-16)22-25-26-23(29-22)21(27)24-15-17-9-13-20(14-10-17)28-19-5-3-2-4-6-19/h2-14H,15H2,1H3,(H,24,27). The Morgan fingerprint density at radius 1 is 0.897 bits per heavy atom. The van der Waals surface area contributed by atoms with Gasteiger partial charge in [0.15, 0.2) is 0 Å². The second kappa shape index (κ2) is 8.39. The summed E-state index contributed by atoms with van der Waals surface area (Å²) in [6.07, 6.45) is 0. The molecule has 3 aromatic carbocycles. The molecule has 0 spiro atoms. The molecule has 0 aliphatic heterocycles. The Kier molecular flexibility index (Phi) is 5.33. The summed E-state index contributed by atoms with van der Waals surface area (Å²) in [5.41, 5.74) is 2.83. The average Bonchev–Trinajstić information content (AvgIpc) is 3.25. The fraction of sp³-hybridized carbons (Fsp3) is 0.0870. The molecule has 0 radical (unpaired) electrons. The van der Waals surface area contributed by atoms with E-state index in [1.165, 1.54) is 0 Å². The number of nitrogens with one attached hydrogen (secondary N) is 1. The van der Waals surface area contributed by atoms with Crippen LogP contribution in [0.5, 0.6) is 11.5 Å². The van der Waals surface area contributed by atoms with E-state index < -0.39 is 5.91 Å². The number of hydrogen-bond acceptors (Lipinski definition) is 5. The van der Waals surface area contributed by atoms with Crippen LogP contribution in [-0.2, 0) is 6.54 Å². The number of aromatic nitrogens is 2. The lowest BCUT2D eigenvalue weighted by Crippen LogP contribution is -2.23. The molecule has 4 rings (SSSR count). The predicted molar refractivity (Wildman–Crippen MR) is 109 cm³/mol. The molecule has 1 aromatic heterocycles. The van der Waals surface area contributed by atoms with Crippen molar-refractivity contribution in [3.05, 3.63) is 95.9 Å². The maximum atomic E-state index is 12.3. The third-order valence-electron chi connectivity index (χ3n) is 4.27. The van der Waals surface area contributed by atoms with E-state index in [4.69, 9.17) is 9.15 Å². The lowest BCUT2D eigenvalue weighted by molar-refractivity contribution is 0.0917. The number of benzene rings is 3. The van der Waals surface area contributed by atoms with Gasteiger partial charge in [0.1, 0.15) is 11.5 Å². The Morgan fingerprint density at radius 2 is 1.59 bits per heavy atom. The van der Waals surface area contributed by atoms with Gasteiger partial charge in [0.2, 0.25) is 5.89 Å². The highest BCUT2D eigenvalue weighted by atomic mass is 16.5. The fourth-order valence-electron chi connectivity index (χ4n) is 2.69. The summed E-state index contributed by atoms with van der Waals surface area (Å²) < 4.78 is 11.3. The molecule has 4 aromatic rings. The van der Waals surface area contributed by atoms with E-state index in [-0.39, 0.29) is 5.89 Å². The molecular weight excluding hydrogens is 366 g/mol.